The van der Waals surface area contributed by atoms with Gasteiger partial charge in [0.15, 0.2) is 0 Å². The minimum absolute atomic E-state index is 0.119. The third-order valence-electron chi connectivity index (χ3n) is 8.91. The van der Waals surface area contributed by atoms with Gasteiger partial charge in [-0.1, -0.05) is 6.07 Å². The van der Waals surface area contributed by atoms with Crippen LogP contribution in [0.1, 0.15) is 59.9 Å². The molecule has 8 heteroatoms. The fraction of sp³-hybridized carbons (Fsp3) is 0.536. The van der Waals surface area contributed by atoms with Crippen LogP contribution < -0.4 is 15.1 Å². The molecule has 2 heterocycles. The molecule has 2 aromatic rings. The maximum atomic E-state index is 13.2. The molecule has 4 bridgehead atoms. The summed E-state index contributed by atoms with van der Waals surface area (Å²) >= 11 is 0. The van der Waals surface area contributed by atoms with Crippen LogP contribution in [0.25, 0.3) is 0 Å². The lowest BCUT2D eigenvalue weighted by Crippen LogP contribution is -2.61. The van der Waals surface area contributed by atoms with E-state index in [0.29, 0.717) is 23.4 Å². The summed E-state index contributed by atoms with van der Waals surface area (Å²) in [6, 6.07) is 13.0. The molecule has 3 N–H and O–H groups in total. The second-order valence-electron chi connectivity index (χ2n) is 11.4. The van der Waals surface area contributed by atoms with Crippen molar-refractivity contribution in [2.75, 3.05) is 29.4 Å². The predicted octanol–water partition coefficient (Wildman–Crippen LogP) is 3.16. The fourth-order valence-electron chi connectivity index (χ4n) is 7.50. The fourth-order valence-corrected chi connectivity index (χ4v) is 7.50. The number of amides is 1. The molecule has 2 unspecified atom stereocenters. The number of carboxylic acid groups (broad SMARTS) is 1. The van der Waals surface area contributed by atoms with Crippen LogP contribution in [-0.4, -0.2) is 64.4 Å². The van der Waals surface area contributed by atoms with Crippen molar-refractivity contribution in [2.45, 2.75) is 56.7 Å². The summed E-state index contributed by atoms with van der Waals surface area (Å²) in [5, 5.41) is 23.3. The molecular weight excluding hydrogens is 456 g/mol. The number of aromatic nitrogens is 1. The minimum atomic E-state index is -0.921. The summed E-state index contributed by atoms with van der Waals surface area (Å²) in [5.41, 5.74) is 1.23. The predicted molar refractivity (Wildman–Crippen MR) is 136 cm³/mol. The molecule has 7 rings (SSSR count). The van der Waals surface area contributed by atoms with Crippen LogP contribution in [0.3, 0.4) is 0 Å². The molecule has 1 aromatic heterocycles. The molecule has 5 aliphatic rings. The highest BCUT2D eigenvalue weighted by molar-refractivity contribution is 5.93. The highest BCUT2D eigenvalue weighted by atomic mass is 16.4. The normalized spacial score (nSPS) is 33.0. The number of carbonyl (C=O) groups is 2. The molecule has 1 aliphatic heterocycles. The van der Waals surface area contributed by atoms with Crippen molar-refractivity contribution in [1.29, 1.82) is 0 Å². The van der Waals surface area contributed by atoms with Crippen molar-refractivity contribution in [3.63, 3.8) is 0 Å². The summed E-state index contributed by atoms with van der Waals surface area (Å²) < 4.78 is 0. The molecule has 1 saturated heterocycles. The second kappa shape index (κ2) is 8.76. The number of nitrogens with zero attached hydrogens (tertiary/aromatic N) is 3. The Balaban J connectivity index is 1.11. The van der Waals surface area contributed by atoms with Gasteiger partial charge >= 0.3 is 5.97 Å². The van der Waals surface area contributed by atoms with E-state index in [2.05, 4.69) is 22.0 Å². The summed E-state index contributed by atoms with van der Waals surface area (Å²) in [6.07, 6.45) is 4.76. The first-order valence-corrected chi connectivity index (χ1v) is 13.1. The average molecular weight is 491 g/mol. The van der Waals surface area contributed by atoms with Gasteiger partial charge in [-0.3, -0.25) is 4.79 Å². The molecule has 0 spiro atoms. The van der Waals surface area contributed by atoms with Crippen molar-refractivity contribution in [1.82, 2.24) is 10.3 Å². The van der Waals surface area contributed by atoms with E-state index < -0.39 is 11.6 Å². The number of anilines is 2. The van der Waals surface area contributed by atoms with Crippen molar-refractivity contribution in [3.8, 4) is 0 Å². The van der Waals surface area contributed by atoms with E-state index in [4.69, 9.17) is 10.1 Å². The molecule has 0 radical (unpaired) electrons. The van der Waals surface area contributed by atoms with E-state index >= 15 is 0 Å². The first-order valence-electron chi connectivity index (χ1n) is 13.1. The molecule has 190 valence electrons. The summed E-state index contributed by atoms with van der Waals surface area (Å²) in [6.45, 7) is 4.46. The van der Waals surface area contributed by atoms with Crippen LogP contribution in [-0.2, 0) is 0 Å². The Labute approximate surface area is 211 Å². The average Bonchev–Trinajstić information content (AvgIpc) is 2.85. The largest absolute Gasteiger partial charge is 0.478 e. The molecule has 1 amide bonds. The van der Waals surface area contributed by atoms with Gasteiger partial charge in [0, 0.05) is 37.4 Å². The highest BCUT2D eigenvalue weighted by Crippen LogP contribution is 2.55. The lowest BCUT2D eigenvalue weighted by Gasteiger charge is -2.58. The zero-order valence-electron chi connectivity index (χ0n) is 20.6. The highest BCUT2D eigenvalue weighted by Gasteiger charge is 2.55. The van der Waals surface area contributed by atoms with Gasteiger partial charge in [0.1, 0.15) is 11.5 Å². The number of hydrogen-bond donors (Lipinski definition) is 3. The standard InChI is InChI=1S/C28H34N4O4/c1-17-16-31(22-7-5-19(6-8-22)27(34)35)9-10-32(17)24-4-2-3-23(29-24)26(33)30-25-20-11-18-12-21(25)15-28(36,13-18)14-20/h2-8,17-18,20-21,25,36H,9-16H2,1H3,(H,30,33)(H,34,35)/t17-,18?,20?,21?,25?,28?/m1/s1. The number of carboxylic acids is 1. The Morgan fingerprint density at radius 2 is 1.75 bits per heavy atom. The Hall–Kier alpha value is -3.13. The summed E-state index contributed by atoms with van der Waals surface area (Å²) in [5.74, 6) is 1.10. The lowest BCUT2D eigenvalue weighted by atomic mass is 9.52. The summed E-state index contributed by atoms with van der Waals surface area (Å²) in [7, 11) is 0. The van der Waals surface area contributed by atoms with E-state index in [0.717, 1.165) is 63.2 Å². The maximum Gasteiger partial charge on any atom is 0.335 e. The number of aliphatic hydroxyl groups is 1. The van der Waals surface area contributed by atoms with E-state index in [1.54, 1.807) is 18.2 Å². The quantitative estimate of drug-likeness (QED) is 0.591. The first-order chi connectivity index (χ1) is 17.3. The third-order valence-corrected chi connectivity index (χ3v) is 8.91. The number of piperazine rings is 1. The maximum absolute atomic E-state index is 13.2. The van der Waals surface area contributed by atoms with Crippen LogP contribution >= 0.6 is 0 Å². The number of benzene rings is 1. The van der Waals surface area contributed by atoms with Gasteiger partial charge in [-0.05, 0) is 93.2 Å². The lowest BCUT2D eigenvalue weighted by molar-refractivity contribution is -0.136. The Bertz CT molecular complexity index is 1150. The Morgan fingerprint density at radius 3 is 2.39 bits per heavy atom. The molecular formula is C28H34N4O4. The number of rotatable bonds is 5. The van der Waals surface area contributed by atoms with Crippen LogP contribution in [0.5, 0.6) is 0 Å². The van der Waals surface area contributed by atoms with Gasteiger partial charge in [-0.15, -0.1) is 0 Å². The molecule has 1 aromatic carbocycles. The van der Waals surface area contributed by atoms with Crippen LogP contribution in [0.15, 0.2) is 42.5 Å². The Morgan fingerprint density at radius 1 is 1.03 bits per heavy atom. The molecule has 4 saturated carbocycles. The van der Waals surface area contributed by atoms with Gasteiger partial charge < -0.3 is 25.3 Å². The van der Waals surface area contributed by atoms with E-state index in [1.165, 1.54) is 0 Å². The monoisotopic (exact) mass is 490 g/mol. The van der Waals surface area contributed by atoms with Gasteiger partial charge in [-0.2, -0.15) is 0 Å². The number of hydrogen-bond acceptors (Lipinski definition) is 6. The molecule has 3 atom stereocenters. The van der Waals surface area contributed by atoms with Gasteiger partial charge in [0.05, 0.1) is 11.2 Å². The number of pyridine rings is 1. The summed E-state index contributed by atoms with van der Waals surface area (Å²) in [4.78, 5) is 33.6. The van der Waals surface area contributed by atoms with Crippen molar-refractivity contribution >= 4 is 23.4 Å². The van der Waals surface area contributed by atoms with Crippen LogP contribution in [0, 0.1) is 17.8 Å². The van der Waals surface area contributed by atoms with Gasteiger partial charge in [-0.25, -0.2) is 9.78 Å². The number of nitrogens with one attached hydrogen (secondary N) is 1. The third kappa shape index (κ3) is 4.21. The van der Waals surface area contributed by atoms with Gasteiger partial charge in [0.25, 0.3) is 5.91 Å². The Kier molecular flexibility index (Phi) is 5.67. The topological polar surface area (TPSA) is 106 Å². The van der Waals surface area contributed by atoms with E-state index in [1.807, 2.05) is 24.3 Å². The van der Waals surface area contributed by atoms with Crippen LogP contribution in [0.2, 0.25) is 0 Å². The molecule has 8 nitrogen and oxygen atoms in total. The van der Waals surface area contributed by atoms with Crippen molar-refractivity contribution < 1.29 is 19.8 Å². The SMILES string of the molecule is C[C@@H]1CN(c2ccc(C(=O)O)cc2)CCN1c1cccc(C(=O)NC2C3CC4CC2CC(O)(C4)C3)n1. The second-order valence-corrected chi connectivity index (χ2v) is 11.4. The number of carbonyl (C=O) groups excluding carboxylic acids is 1. The minimum Gasteiger partial charge on any atom is -0.478 e. The molecule has 4 aliphatic carbocycles. The van der Waals surface area contributed by atoms with E-state index in [-0.39, 0.29) is 23.6 Å². The smallest absolute Gasteiger partial charge is 0.335 e. The zero-order valence-corrected chi connectivity index (χ0v) is 20.6. The van der Waals surface area contributed by atoms with Gasteiger partial charge in [0.2, 0.25) is 0 Å². The molecule has 5 fully saturated rings. The molecule has 36 heavy (non-hydrogen) atoms. The number of aromatic carboxylic acids is 1. The zero-order chi connectivity index (χ0) is 25.0. The first kappa shape index (κ1) is 23.3. The van der Waals surface area contributed by atoms with Crippen molar-refractivity contribution in [2.24, 2.45) is 17.8 Å². The van der Waals surface area contributed by atoms with Crippen molar-refractivity contribution in [3.05, 3.63) is 53.7 Å². The van der Waals surface area contributed by atoms with E-state index in [9.17, 15) is 14.7 Å². The van der Waals surface area contributed by atoms with Crippen LogP contribution in [0.4, 0.5) is 11.5 Å².